The van der Waals surface area contributed by atoms with Gasteiger partial charge < -0.3 is 4.90 Å². The first-order valence-electron chi connectivity index (χ1n) is 11.3. The highest BCUT2D eigenvalue weighted by molar-refractivity contribution is 5.70. The maximum absolute atomic E-state index is 3.85. The smallest absolute Gasteiger partial charge is 0.0458 e. The van der Waals surface area contributed by atoms with Crippen LogP contribution < -0.4 is 4.90 Å². The molecule has 4 rings (SSSR count). The van der Waals surface area contributed by atoms with Crippen molar-refractivity contribution in [2.45, 2.75) is 40.5 Å². The number of nitrogens with zero attached hydrogens (tertiary/aromatic N) is 1. The Hall–Kier alpha value is -3.06. The van der Waals surface area contributed by atoms with Crippen LogP contribution in [0.15, 0.2) is 102 Å². The maximum atomic E-state index is 3.85. The summed E-state index contributed by atoms with van der Waals surface area (Å²) in [4.78, 5) is 2.44. The molecule has 0 radical (unpaired) electrons. The van der Waals surface area contributed by atoms with E-state index >= 15 is 0 Å². The molecular formula is C30H33N. The van der Waals surface area contributed by atoms with Crippen LogP contribution in [0.1, 0.15) is 46.1 Å². The molecule has 2 aromatic carbocycles. The first kappa shape index (κ1) is 21.2. The summed E-state index contributed by atoms with van der Waals surface area (Å²) >= 11 is 0. The highest BCUT2D eigenvalue weighted by Gasteiger charge is 2.24. The maximum Gasteiger partial charge on any atom is 0.0458 e. The molecule has 0 N–H and O–H groups in total. The van der Waals surface area contributed by atoms with Gasteiger partial charge in [0.05, 0.1) is 0 Å². The molecule has 0 spiro atoms. The minimum absolute atomic E-state index is 0.224. The van der Waals surface area contributed by atoms with E-state index in [0.717, 1.165) is 18.4 Å². The molecule has 2 aromatic rings. The van der Waals surface area contributed by atoms with Gasteiger partial charge in [0.25, 0.3) is 0 Å². The molecule has 0 bridgehead atoms. The van der Waals surface area contributed by atoms with Gasteiger partial charge in [-0.2, -0.15) is 0 Å². The summed E-state index contributed by atoms with van der Waals surface area (Å²) in [5, 5.41) is 0. The van der Waals surface area contributed by atoms with Gasteiger partial charge in [0.1, 0.15) is 0 Å². The van der Waals surface area contributed by atoms with Crippen molar-refractivity contribution in [2.75, 3.05) is 4.90 Å². The van der Waals surface area contributed by atoms with Crippen LogP contribution in [0.3, 0.4) is 0 Å². The van der Waals surface area contributed by atoms with E-state index in [2.05, 4.69) is 118 Å². The number of allylic oxidation sites excluding steroid dienone is 7. The molecule has 0 saturated heterocycles. The van der Waals surface area contributed by atoms with Gasteiger partial charge in [-0.25, -0.2) is 0 Å². The van der Waals surface area contributed by atoms with Gasteiger partial charge in [-0.1, -0.05) is 93.6 Å². The van der Waals surface area contributed by atoms with Crippen molar-refractivity contribution < 1.29 is 0 Å². The van der Waals surface area contributed by atoms with Gasteiger partial charge >= 0.3 is 0 Å². The summed E-state index contributed by atoms with van der Waals surface area (Å²) in [6.45, 7) is 13.0. The number of hydrogen-bond donors (Lipinski definition) is 0. The molecule has 1 unspecified atom stereocenters. The van der Waals surface area contributed by atoms with Crippen molar-refractivity contribution in [3.8, 4) is 11.1 Å². The zero-order valence-electron chi connectivity index (χ0n) is 19.2. The zero-order chi connectivity index (χ0) is 22.0. The van der Waals surface area contributed by atoms with Crippen LogP contribution in [-0.4, -0.2) is 0 Å². The molecule has 2 aliphatic carbocycles. The molecule has 31 heavy (non-hydrogen) atoms. The van der Waals surface area contributed by atoms with Crippen LogP contribution >= 0.6 is 0 Å². The average molecular weight is 408 g/mol. The Morgan fingerprint density at radius 1 is 0.968 bits per heavy atom. The predicted octanol–water partition coefficient (Wildman–Crippen LogP) is 8.54. The molecule has 0 aliphatic heterocycles. The second-order valence-corrected chi connectivity index (χ2v) is 9.54. The highest BCUT2D eigenvalue weighted by atomic mass is 15.2. The summed E-state index contributed by atoms with van der Waals surface area (Å²) in [6.07, 6.45) is 15.6. The van der Waals surface area contributed by atoms with Crippen molar-refractivity contribution in [1.29, 1.82) is 0 Å². The highest BCUT2D eigenvalue weighted by Crippen LogP contribution is 2.37. The Kier molecular flexibility index (Phi) is 5.87. The lowest BCUT2D eigenvalue weighted by Crippen LogP contribution is -2.26. The standard InChI is InChI=1S/C30H33N/c1-6-24-8-10-25(11-9-24)26-12-15-27(16-13-26)31(28-17-19-30(4,5)20-18-28)29-14-7-22(2)23(3)21-29/h6-19,23H,1,20-21H2,2-5H3. The van der Waals surface area contributed by atoms with Crippen molar-refractivity contribution >= 4 is 11.8 Å². The fourth-order valence-corrected chi connectivity index (χ4v) is 4.18. The summed E-state index contributed by atoms with van der Waals surface area (Å²) in [5.41, 5.74) is 9.13. The second-order valence-electron chi connectivity index (χ2n) is 9.54. The number of benzene rings is 2. The molecule has 158 valence electrons. The fourth-order valence-electron chi connectivity index (χ4n) is 4.18. The molecule has 1 nitrogen and oxygen atoms in total. The lowest BCUT2D eigenvalue weighted by Gasteiger charge is -2.35. The van der Waals surface area contributed by atoms with Crippen molar-refractivity contribution in [2.24, 2.45) is 11.3 Å². The Morgan fingerprint density at radius 2 is 1.61 bits per heavy atom. The first-order valence-corrected chi connectivity index (χ1v) is 11.3. The van der Waals surface area contributed by atoms with Crippen molar-refractivity contribution in [3.05, 3.63) is 108 Å². The summed E-state index contributed by atoms with van der Waals surface area (Å²) in [5.74, 6) is 0.565. The predicted molar refractivity (Wildman–Crippen MR) is 136 cm³/mol. The fraction of sp³-hybridized carbons (Fsp3) is 0.267. The normalized spacial score (nSPS) is 19.9. The SMILES string of the molecule is C=Cc1ccc(-c2ccc(N(C3=CCC(C)(C)C=C3)C3=CC=C(C)C(C)C3)cc2)cc1. The third-order valence-corrected chi connectivity index (χ3v) is 6.52. The van der Waals surface area contributed by atoms with Gasteiger partial charge in [0.2, 0.25) is 0 Å². The van der Waals surface area contributed by atoms with E-state index < -0.39 is 0 Å². The third-order valence-electron chi connectivity index (χ3n) is 6.52. The second kappa shape index (κ2) is 8.59. The Bertz CT molecular complexity index is 1070. The van der Waals surface area contributed by atoms with E-state index in [1.165, 1.54) is 33.8 Å². The number of rotatable bonds is 5. The van der Waals surface area contributed by atoms with Crippen LogP contribution in [0.5, 0.6) is 0 Å². The van der Waals surface area contributed by atoms with Crippen LogP contribution in [0.4, 0.5) is 5.69 Å². The monoisotopic (exact) mass is 407 g/mol. The molecule has 0 amide bonds. The minimum atomic E-state index is 0.224. The third kappa shape index (κ3) is 4.66. The molecule has 0 heterocycles. The summed E-state index contributed by atoms with van der Waals surface area (Å²) < 4.78 is 0. The van der Waals surface area contributed by atoms with Crippen molar-refractivity contribution in [1.82, 2.24) is 0 Å². The first-order chi connectivity index (χ1) is 14.9. The lowest BCUT2D eigenvalue weighted by molar-refractivity contribution is 0.481. The van der Waals surface area contributed by atoms with E-state index in [0.29, 0.717) is 5.92 Å². The average Bonchev–Trinajstić information content (AvgIpc) is 2.78. The molecule has 0 fully saturated rings. The quantitative estimate of drug-likeness (QED) is 0.480. The molecule has 0 aromatic heterocycles. The molecule has 1 heteroatoms. The topological polar surface area (TPSA) is 3.24 Å². The van der Waals surface area contributed by atoms with Gasteiger partial charge in [0.15, 0.2) is 0 Å². The molecule has 0 saturated carbocycles. The van der Waals surface area contributed by atoms with Gasteiger partial charge in [-0.3, -0.25) is 0 Å². The molecular weight excluding hydrogens is 374 g/mol. The number of hydrogen-bond acceptors (Lipinski definition) is 1. The largest absolute Gasteiger partial charge is 0.315 e. The van der Waals surface area contributed by atoms with Crippen LogP contribution in [0.2, 0.25) is 0 Å². The zero-order valence-corrected chi connectivity index (χ0v) is 19.2. The van der Waals surface area contributed by atoms with Crippen LogP contribution in [0, 0.1) is 11.3 Å². The van der Waals surface area contributed by atoms with E-state index in [9.17, 15) is 0 Å². The summed E-state index contributed by atoms with van der Waals surface area (Å²) in [7, 11) is 0. The summed E-state index contributed by atoms with van der Waals surface area (Å²) in [6, 6.07) is 17.5. The van der Waals surface area contributed by atoms with Crippen LogP contribution in [0.25, 0.3) is 17.2 Å². The van der Waals surface area contributed by atoms with E-state index in [-0.39, 0.29) is 5.41 Å². The minimum Gasteiger partial charge on any atom is -0.315 e. The Balaban J connectivity index is 1.69. The molecule has 2 aliphatic rings. The van der Waals surface area contributed by atoms with Gasteiger partial charge in [-0.05, 0) is 72.1 Å². The van der Waals surface area contributed by atoms with Gasteiger partial charge in [-0.15, -0.1) is 0 Å². The van der Waals surface area contributed by atoms with Crippen molar-refractivity contribution in [3.63, 3.8) is 0 Å². The van der Waals surface area contributed by atoms with E-state index in [1.54, 1.807) is 0 Å². The van der Waals surface area contributed by atoms with E-state index in [4.69, 9.17) is 0 Å². The lowest BCUT2D eigenvalue weighted by atomic mass is 9.84. The Morgan fingerprint density at radius 3 is 2.16 bits per heavy atom. The molecule has 1 atom stereocenters. The van der Waals surface area contributed by atoms with Gasteiger partial charge in [0, 0.05) is 17.1 Å². The van der Waals surface area contributed by atoms with Crippen LogP contribution in [-0.2, 0) is 0 Å². The Labute approximate surface area is 187 Å². The van der Waals surface area contributed by atoms with E-state index in [1.807, 2.05) is 6.08 Å². The number of anilines is 1.